The maximum absolute atomic E-state index is 6.13. The Kier molecular flexibility index (Phi) is 2.16. The average Bonchev–Trinajstić information content (AvgIpc) is 2.58. The standard InChI is InChI=1S/C11H10ClN3S/c1-6-14-9-7-3-4-13-11(12)10(7)15(2)5-8(9)16-6/h3-4H,5H2,1-2H3. The van der Waals surface area contributed by atoms with Gasteiger partial charge < -0.3 is 4.90 Å². The van der Waals surface area contributed by atoms with Crippen molar-refractivity contribution in [1.82, 2.24) is 9.97 Å². The molecule has 0 saturated heterocycles. The van der Waals surface area contributed by atoms with Gasteiger partial charge in [-0.25, -0.2) is 9.97 Å². The zero-order valence-corrected chi connectivity index (χ0v) is 10.6. The van der Waals surface area contributed by atoms with E-state index in [1.54, 1.807) is 17.5 Å². The molecular formula is C11H10ClN3S. The quantitative estimate of drug-likeness (QED) is 0.674. The van der Waals surface area contributed by atoms with Crippen LogP contribution in [-0.4, -0.2) is 17.0 Å². The number of halogens is 1. The molecule has 0 aromatic carbocycles. The summed E-state index contributed by atoms with van der Waals surface area (Å²) in [6, 6.07) is 1.98. The van der Waals surface area contributed by atoms with Crippen molar-refractivity contribution in [3.05, 3.63) is 27.3 Å². The first-order valence-corrected chi connectivity index (χ1v) is 6.18. The molecule has 0 aliphatic carbocycles. The summed E-state index contributed by atoms with van der Waals surface area (Å²) < 4.78 is 0. The van der Waals surface area contributed by atoms with Crippen molar-refractivity contribution in [3.8, 4) is 11.3 Å². The van der Waals surface area contributed by atoms with Crippen LogP contribution in [0.2, 0.25) is 5.15 Å². The highest BCUT2D eigenvalue weighted by Crippen LogP contribution is 2.42. The molecule has 5 heteroatoms. The Morgan fingerprint density at radius 1 is 1.50 bits per heavy atom. The minimum Gasteiger partial charge on any atom is -0.366 e. The van der Waals surface area contributed by atoms with E-state index in [0.29, 0.717) is 5.15 Å². The summed E-state index contributed by atoms with van der Waals surface area (Å²) in [5, 5.41) is 1.65. The highest BCUT2D eigenvalue weighted by atomic mass is 35.5. The first-order valence-electron chi connectivity index (χ1n) is 4.99. The van der Waals surface area contributed by atoms with E-state index in [1.165, 1.54) is 4.88 Å². The van der Waals surface area contributed by atoms with Crippen molar-refractivity contribution < 1.29 is 0 Å². The molecule has 0 amide bonds. The predicted octanol–water partition coefficient (Wildman–Crippen LogP) is 3.12. The Morgan fingerprint density at radius 3 is 3.12 bits per heavy atom. The molecule has 0 spiro atoms. The van der Waals surface area contributed by atoms with Gasteiger partial charge in [-0.05, 0) is 13.0 Å². The molecule has 0 bridgehead atoms. The molecule has 0 N–H and O–H groups in total. The van der Waals surface area contributed by atoms with Crippen molar-refractivity contribution >= 4 is 28.6 Å². The Labute approximate surface area is 103 Å². The normalized spacial score (nSPS) is 13.6. The van der Waals surface area contributed by atoms with Crippen molar-refractivity contribution in [2.75, 3.05) is 11.9 Å². The predicted molar refractivity (Wildman–Crippen MR) is 67.2 cm³/mol. The van der Waals surface area contributed by atoms with Crippen LogP contribution in [-0.2, 0) is 6.54 Å². The van der Waals surface area contributed by atoms with Crippen LogP contribution >= 0.6 is 22.9 Å². The molecule has 0 atom stereocenters. The zero-order chi connectivity index (χ0) is 11.3. The van der Waals surface area contributed by atoms with Crippen molar-refractivity contribution in [1.29, 1.82) is 0 Å². The molecule has 3 nitrogen and oxygen atoms in total. The van der Waals surface area contributed by atoms with Crippen LogP contribution in [0.5, 0.6) is 0 Å². The molecule has 1 aliphatic rings. The maximum Gasteiger partial charge on any atom is 0.152 e. The van der Waals surface area contributed by atoms with Crippen molar-refractivity contribution in [3.63, 3.8) is 0 Å². The van der Waals surface area contributed by atoms with Gasteiger partial charge in [-0.3, -0.25) is 0 Å². The molecule has 3 rings (SSSR count). The molecule has 16 heavy (non-hydrogen) atoms. The van der Waals surface area contributed by atoms with Gasteiger partial charge in [0.1, 0.15) is 0 Å². The number of thiazole rings is 1. The molecule has 2 aromatic heterocycles. The number of nitrogens with zero attached hydrogens (tertiary/aromatic N) is 3. The lowest BCUT2D eigenvalue weighted by Gasteiger charge is -2.26. The summed E-state index contributed by atoms with van der Waals surface area (Å²) in [5.74, 6) is 0. The lowest BCUT2D eigenvalue weighted by Crippen LogP contribution is -2.21. The minimum atomic E-state index is 0.552. The van der Waals surface area contributed by atoms with E-state index in [2.05, 4.69) is 14.9 Å². The zero-order valence-electron chi connectivity index (χ0n) is 8.99. The molecule has 0 unspecified atom stereocenters. The number of rotatable bonds is 0. The SMILES string of the molecule is Cc1nc2c(s1)CN(C)c1c-2ccnc1Cl. The second kappa shape index (κ2) is 3.43. The molecule has 2 aromatic rings. The Bertz CT molecular complexity index is 564. The number of fused-ring (bicyclic) bond motifs is 3. The molecule has 1 aliphatic heterocycles. The Hall–Kier alpha value is -1.13. The van der Waals surface area contributed by atoms with E-state index < -0.39 is 0 Å². The molecule has 0 radical (unpaired) electrons. The van der Waals surface area contributed by atoms with E-state index in [9.17, 15) is 0 Å². The highest BCUT2D eigenvalue weighted by molar-refractivity contribution is 7.12. The lowest BCUT2D eigenvalue weighted by molar-refractivity contribution is 0.916. The second-order valence-corrected chi connectivity index (χ2v) is 5.50. The monoisotopic (exact) mass is 251 g/mol. The fraction of sp³-hybridized carbons (Fsp3) is 0.273. The van der Waals surface area contributed by atoms with Gasteiger partial charge in [0, 0.05) is 18.8 Å². The number of pyridine rings is 1. The van der Waals surface area contributed by atoms with Gasteiger partial charge in [-0.1, -0.05) is 11.6 Å². The van der Waals surface area contributed by atoms with E-state index in [1.807, 2.05) is 20.0 Å². The summed E-state index contributed by atoms with van der Waals surface area (Å²) in [6.45, 7) is 2.89. The third-order valence-electron chi connectivity index (χ3n) is 2.70. The van der Waals surface area contributed by atoms with Crippen molar-refractivity contribution in [2.45, 2.75) is 13.5 Å². The summed E-state index contributed by atoms with van der Waals surface area (Å²) in [5.41, 5.74) is 3.15. The van der Waals surface area contributed by atoms with Gasteiger partial charge in [0.05, 0.1) is 27.8 Å². The molecular weight excluding hydrogens is 242 g/mol. The molecule has 0 saturated carbocycles. The molecule has 82 valence electrons. The maximum atomic E-state index is 6.13. The van der Waals surface area contributed by atoms with Crippen LogP contribution in [0.1, 0.15) is 9.88 Å². The van der Waals surface area contributed by atoms with Gasteiger partial charge in [-0.2, -0.15) is 0 Å². The topological polar surface area (TPSA) is 29.0 Å². The van der Waals surface area contributed by atoms with Gasteiger partial charge >= 0.3 is 0 Å². The third kappa shape index (κ3) is 1.33. The number of anilines is 1. The third-order valence-corrected chi connectivity index (χ3v) is 3.93. The molecule has 0 fully saturated rings. The smallest absolute Gasteiger partial charge is 0.152 e. The second-order valence-electron chi connectivity index (χ2n) is 3.86. The number of aryl methyl sites for hydroxylation is 1. The fourth-order valence-electron chi connectivity index (χ4n) is 2.06. The van der Waals surface area contributed by atoms with E-state index in [-0.39, 0.29) is 0 Å². The first kappa shape index (κ1) is 10.1. The number of hydrogen-bond acceptors (Lipinski definition) is 4. The van der Waals surface area contributed by atoms with Crippen LogP contribution in [0, 0.1) is 6.92 Å². The summed E-state index contributed by atoms with van der Waals surface area (Å²) in [7, 11) is 2.03. The largest absolute Gasteiger partial charge is 0.366 e. The first-order chi connectivity index (χ1) is 7.66. The van der Waals surface area contributed by atoms with Gasteiger partial charge in [0.2, 0.25) is 0 Å². The summed E-state index contributed by atoms with van der Waals surface area (Å²) in [6.07, 6.45) is 1.73. The Morgan fingerprint density at radius 2 is 2.31 bits per heavy atom. The van der Waals surface area contributed by atoms with Gasteiger partial charge in [0.25, 0.3) is 0 Å². The van der Waals surface area contributed by atoms with Crippen LogP contribution < -0.4 is 4.90 Å². The van der Waals surface area contributed by atoms with Gasteiger partial charge in [-0.15, -0.1) is 11.3 Å². The van der Waals surface area contributed by atoms with Crippen LogP contribution in [0.3, 0.4) is 0 Å². The lowest BCUT2D eigenvalue weighted by atomic mass is 10.1. The van der Waals surface area contributed by atoms with Crippen molar-refractivity contribution in [2.24, 2.45) is 0 Å². The van der Waals surface area contributed by atoms with E-state index >= 15 is 0 Å². The molecule has 3 heterocycles. The number of hydrogen-bond donors (Lipinski definition) is 0. The van der Waals surface area contributed by atoms with Gasteiger partial charge in [0.15, 0.2) is 5.15 Å². The minimum absolute atomic E-state index is 0.552. The van der Waals surface area contributed by atoms with E-state index in [4.69, 9.17) is 11.6 Å². The van der Waals surface area contributed by atoms with Crippen LogP contribution in [0.25, 0.3) is 11.3 Å². The summed E-state index contributed by atoms with van der Waals surface area (Å²) >= 11 is 7.88. The van der Waals surface area contributed by atoms with E-state index in [0.717, 1.165) is 28.5 Å². The fourth-order valence-corrected chi connectivity index (χ4v) is 3.37. The van der Waals surface area contributed by atoms with Crippen LogP contribution in [0.15, 0.2) is 12.3 Å². The highest BCUT2D eigenvalue weighted by Gasteiger charge is 2.25. The number of aromatic nitrogens is 2. The average molecular weight is 252 g/mol. The van der Waals surface area contributed by atoms with Crippen LogP contribution in [0.4, 0.5) is 5.69 Å². The summed E-state index contributed by atoms with van der Waals surface area (Å²) in [4.78, 5) is 12.1. The Balaban J connectivity index is 2.32.